The van der Waals surface area contributed by atoms with Crippen molar-refractivity contribution in [1.82, 2.24) is 25.2 Å². The number of methoxy groups -OCH3 is 1. The molecule has 1 unspecified atom stereocenters. The minimum atomic E-state index is -3.95. The van der Waals surface area contributed by atoms with Crippen LogP contribution < -0.4 is 24.8 Å². The number of sulfonamides is 1. The van der Waals surface area contributed by atoms with Crippen LogP contribution in [0.15, 0.2) is 67.3 Å². The molecule has 0 radical (unpaired) electrons. The van der Waals surface area contributed by atoms with Crippen molar-refractivity contribution < 1.29 is 41.8 Å². The van der Waals surface area contributed by atoms with Crippen molar-refractivity contribution >= 4 is 44.7 Å². The standard InChI is InChI=1S/C42H53N5O9S/c1-9-27-22-42(27,38(50)46-57(52,53)24-25-15-16-25)45-36(48)33-20-29(23-47(33)37(49)35(40(2,3)4)44-39(51)56-41(5,6)7)55-34-21-31(26-13-11-10-12-14-26)43-32-19-28(54-8)17-18-30(32)34/h9-14,17-19,21,25,27,29,33,35H,1,15-16,20,22-24H2,2-8H3,(H,44,51)(H,45,48)(H,46,50)/t27?,29-,33+,35-,42-/m1/s1. The van der Waals surface area contributed by atoms with Crippen molar-refractivity contribution in [1.29, 1.82) is 0 Å². The second kappa shape index (κ2) is 15.6. The molecule has 2 aliphatic carbocycles. The topological polar surface area (TPSA) is 182 Å². The lowest BCUT2D eigenvalue weighted by atomic mass is 9.85. The van der Waals surface area contributed by atoms with E-state index in [1.807, 2.05) is 42.5 Å². The molecule has 3 aromatic rings. The molecule has 3 fully saturated rings. The van der Waals surface area contributed by atoms with E-state index in [2.05, 4.69) is 21.9 Å². The summed E-state index contributed by atoms with van der Waals surface area (Å²) in [6, 6.07) is 14.5. The van der Waals surface area contributed by atoms with Crippen molar-refractivity contribution in [3.63, 3.8) is 0 Å². The van der Waals surface area contributed by atoms with Gasteiger partial charge in [-0.25, -0.2) is 18.2 Å². The van der Waals surface area contributed by atoms with Crippen molar-refractivity contribution in [3.8, 4) is 22.8 Å². The summed E-state index contributed by atoms with van der Waals surface area (Å²) in [6.45, 7) is 14.2. The van der Waals surface area contributed by atoms with Crippen LogP contribution >= 0.6 is 0 Å². The largest absolute Gasteiger partial charge is 0.497 e. The van der Waals surface area contributed by atoms with E-state index in [0.29, 0.717) is 28.1 Å². The first-order chi connectivity index (χ1) is 26.7. The third-order valence-corrected chi connectivity index (χ3v) is 11.8. The average molecular weight is 804 g/mol. The third kappa shape index (κ3) is 9.69. The number of nitrogens with zero attached hydrogens (tertiary/aromatic N) is 2. The van der Waals surface area contributed by atoms with E-state index in [-0.39, 0.29) is 31.1 Å². The zero-order valence-corrected chi connectivity index (χ0v) is 34.4. The van der Waals surface area contributed by atoms with Gasteiger partial charge in [0.05, 0.1) is 30.6 Å². The van der Waals surface area contributed by atoms with Crippen LogP contribution in [0.5, 0.6) is 11.5 Å². The molecule has 2 heterocycles. The number of amides is 4. The highest BCUT2D eigenvalue weighted by molar-refractivity contribution is 7.90. The molecule has 2 aromatic carbocycles. The van der Waals surface area contributed by atoms with Crippen molar-refractivity contribution in [2.45, 2.75) is 96.6 Å². The molecule has 306 valence electrons. The Morgan fingerprint density at radius 2 is 1.74 bits per heavy atom. The van der Waals surface area contributed by atoms with Crippen molar-refractivity contribution in [2.24, 2.45) is 17.3 Å². The second-order valence-corrected chi connectivity index (χ2v) is 19.1. The zero-order chi connectivity index (χ0) is 41.5. The molecule has 4 amide bonds. The predicted octanol–water partition coefficient (Wildman–Crippen LogP) is 5.12. The van der Waals surface area contributed by atoms with Gasteiger partial charge in [0.15, 0.2) is 0 Å². The molecule has 0 bridgehead atoms. The molecule has 1 aliphatic heterocycles. The highest BCUT2D eigenvalue weighted by Crippen LogP contribution is 2.45. The van der Waals surface area contributed by atoms with E-state index >= 15 is 0 Å². The lowest BCUT2D eigenvalue weighted by Gasteiger charge is -2.36. The van der Waals surface area contributed by atoms with Crippen molar-refractivity contribution in [3.05, 3.63) is 67.3 Å². The first-order valence-corrected chi connectivity index (χ1v) is 20.9. The van der Waals surface area contributed by atoms with Gasteiger partial charge in [-0.1, -0.05) is 57.2 Å². The Morgan fingerprint density at radius 1 is 1.04 bits per heavy atom. The SMILES string of the molecule is C=CC1C[C@]1(NC(=O)[C@@H]1C[C@@H](Oc2cc(-c3ccccc3)nc3cc(OC)ccc23)CN1C(=O)[C@@H](NC(=O)OC(C)(C)C)C(C)(C)C)C(=O)NS(=O)(=O)CC1CC1. The van der Waals surface area contributed by atoms with Gasteiger partial charge in [0.2, 0.25) is 21.8 Å². The minimum Gasteiger partial charge on any atom is -0.497 e. The Hall–Kier alpha value is -5.18. The summed E-state index contributed by atoms with van der Waals surface area (Å²) in [4.78, 5) is 62.1. The summed E-state index contributed by atoms with van der Waals surface area (Å²) >= 11 is 0. The zero-order valence-electron chi connectivity index (χ0n) is 33.6. The van der Waals surface area contributed by atoms with Gasteiger partial charge in [-0.15, -0.1) is 6.58 Å². The molecule has 5 atom stereocenters. The Balaban J connectivity index is 1.34. The normalized spacial score (nSPS) is 22.6. The van der Waals surface area contributed by atoms with Crippen LogP contribution in [0, 0.1) is 17.3 Å². The lowest BCUT2D eigenvalue weighted by molar-refractivity contribution is -0.143. The fourth-order valence-corrected chi connectivity index (χ4v) is 8.66. The molecular weight excluding hydrogens is 751 g/mol. The monoisotopic (exact) mass is 803 g/mol. The van der Waals surface area contributed by atoms with Gasteiger partial charge in [0, 0.05) is 35.4 Å². The summed E-state index contributed by atoms with van der Waals surface area (Å²) in [7, 11) is -2.38. The number of hydrogen-bond donors (Lipinski definition) is 3. The van der Waals surface area contributed by atoms with Crippen LogP contribution in [0.3, 0.4) is 0 Å². The minimum absolute atomic E-state index is 0.00129. The number of ether oxygens (including phenoxy) is 3. The second-order valence-electron chi connectivity index (χ2n) is 17.3. The van der Waals surface area contributed by atoms with Gasteiger partial charge < -0.3 is 29.7 Å². The molecule has 2 saturated carbocycles. The maximum Gasteiger partial charge on any atom is 0.408 e. The fraction of sp³-hybridized carbons (Fsp3) is 0.500. The molecule has 3 aliphatic rings. The number of rotatable bonds is 13. The summed E-state index contributed by atoms with van der Waals surface area (Å²) in [6.07, 6.45) is 1.66. The summed E-state index contributed by atoms with van der Waals surface area (Å²) < 4.78 is 45.6. The van der Waals surface area contributed by atoms with Crippen molar-refractivity contribution in [2.75, 3.05) is 19.4 Å². The first-order valence-electron chi connectivity index (χ1n) is 19.2. The van der Waals surface area contributed by atoms with E-state index in [1.165, 1.54) is 11.0 Å². The van der Waals surface area contributed by atoms with E-state index in [9.17, 15) is 27.6 Å². The van der Waals surface area contributed by atoms with Crippen LogP contribution in [-0.4, -0.2) is 90.9 Å². The maximum absolute atomic E-state index is 14.7. The number of pyridine rings is 1. The Labute approximate surface area is 334 Å². The average Bonchev–Trinajstić information content (AvgIpc) is 4.04. The van der Waals surface area contributed by atoms with E-state index in [1.54, 1.807) is 60.8 Å². The van der Waals surface area contributed by atoms with E-state index < -0.39 is 74.5 Å². The first kappa shape index (κ1) is 41.5. The Bertz CT molecular complexity index is 2160. The molecule has 3 N–H and O–H groups in total. The third-order valence-electron chi connectivity index (χ3n) is 10.4. The van der Waals surface area contributed by atoms with Gasteiger partial charge in [-0.05, 0) is 63.5 Å². The number of carbonyl (C=O) groups excluding carboxylic acids is 4. The molecular formula is C42H53N5O9S. The van der Waals surface area contributed by atoms with Gasteiger partial charge >= 0.3 is 6.09 Å². The molecule has 6 rings (SSSR count). The van der Waals surface area contributed by atoms with Gasteiger partial charge in [-0.3, -0.25) is 19.1 Å². The number of hydrogen-bond acceptors (Lipinski definition) is 10. The summed E-state index contributed by atoms with van der Waals surface area (Å²) in [5, 5.41) is 6.22. The molecule has 15 heteroatoms. The molecule has 14 nitrogen and oxygen atoms in total. The lowest BCUT2D eigenvalue weighted by Crippen LogP contribution is -2.60. The number of benzene rings is 2. The summed E-state index contributed by atoms with van der Waals surface area (Å²) in [5.41, 5.74) is -1.17. The molecule has 1 saturated heterocycles. The van der Waals surface area contributed by atoms with E-state index in [0.717, 1.165) is 18.4 Å². The Morgan fingerprint density at radius 3 is 2.33 bits per heavy atom. The predicted molar refractivity (Wildman–Crippen MR) is 215 cm³/mol. The quantitative estimate of drug-likeness (QED) is 0.196. The number of alkyl carbamates (subject to hydrolysis) is 1. The summed E-state index contributed by atoms with van der Waals surface area (Å²) in [5.74, 6) is -1.74. The molecule has 0 spiro atoms. The number of aromatic nitrogens is 1. The number of likely N-dealkylation sites (tertiary alicyclic amines) is 1. The fourth-order valence-electron chi connectivity index (χ4n) is 7.16. The number of fused-ring (bicyclic) bond motifs is 1. The molecule has 57 heavy (non-hydrogen) atoms. The number of carbonyl (C=O) groups is 4. The Kier molecular flexibility index (Phi) is 11.4. The van der Waals surface area contributed by atoms with Crippen LogP contribution in [0.25, 0.3) is 22.2 Å². The van der Waals surface area contributed by atoms with Gasteiger partial charge in [0.1, 0.15) is 40.8 Å². The van der Waals surface area contributed by atoms with Crippen LogP contribution in [-0.2, 0) is 29.1 Å². The van der Waals surface area contributed by atoms with E-state index in [4.69, 9.17) is 19.2 Å². The van der Waals surface area contributed by atoms with Crippen LogP contribution in [0.4, 0.5) is 4.79 Å². The van der Waals surface area contributed by atoms with Gasteiger partial charge in [0.25, 0.3) is 5.91 Å². The highest BCUT2D eigenvalue weighted by Gasteiger charge is 2.61. The van der Waals surface area contributed by atoms with Crippen LogP contribution in [0.1, 0.15) is 67.2 Å². The maximum atomic E-state index is 14.7. The smallest absolute Gasteiger partial charge is 0.408 e. The number of nitrogens with one attached hydrogen (secondary N) is 3. The van der Waals surface area contributed by atoms with Gasteiger partial charge in [-0.2, -0.15) is 0 Å². The van der Waals surface area contributed by atoms with Crippen LogP contribution in [0.2, 0.25) is 0 Å². The highest BCUT2D eigenvalue weighted by atomic mass is 32.2. The molecule has 1 aromatic heterocycles.